The highest BCUT2D eigenvalue weighted by Gasteiger charge is 2.23. The number of carbonyl (C=O) groups is 2. The van der Waals surface area contributed by atoms with Gasteiger partial charge in [-0.15, -0.1) is 0 Å². The van der Waals surface area contributed by atoms with Gasteiger partial charge in [-0.1, -0.05) is 32.1 Å². The molecule has 0 atom stereocenters. The summed E-state index contributed by atoms with van der Waals surface area (Å²) in [5.41, 5.74) is 0.948. The normalized spacial score (nSPS) is 10.1. The van der Waals surface area contributed by atoms with Gasteiger partial charge in [-0.05, 0) is 48.1 Å². The average Bonchev–Trinajstić information content (AvgIpc) is 2.39. The molecule has 4 heteroatoms. The van der Waals surface area contributed by atoms with E-state index in [0.29, 0.717) is 17.7 Å². The predicted molar refractivity (Wildman–Crippen MR) is 84.9 cm³/mol. The first kappa shape index (κ1) is 15.9. The average molecular weight is 371 g/mol. The minimum absolute atomic E-state index is 0.244. The highest BCUT2D eigenvalue weighted by molar-refractivity contribution is 14.1. The Balaban J connectivity index is 3.04. The predicted octanol–water partition coefficient (Wildman–Crippen LogP) is 3.64. The van der Waals surface area contributed by atoms with Crippen LogP contribution in [0.2, 0.25) is 0 Å². The van der Waals surface area contributed by atoms with Gasteiger partial charge in [-0.25, -0.2) is 0 Å². The first-order chi connectivity index (χ1) is 8.99. The summed E-state index contributed by atoms with van der Waals surface area (Å²) in [5, 5.41) is 0. The van der Waals surface area contributed by atoms with Crippen LogP contribution in [0.1, 0.15) is 37.0 Å². The summed E-state index contributed by atoms with van der Waals surface area (Å²) in [6.07, 6.45) is 1.73. The summed E-state index contributed by atoms with van der Waals surface area (Å²) >= 11 is 2.11. The second kappa shape index (κ2) is 7.43. The fourth-order valence-electron chi connectivity index (χ4n) is 1.62. The molecule has 0 heterocycles. The number of carbonyl (C=O) groups excluding carboxylic acids is 2. The Labute approximate surface area is 127 Å². The molecule has 1 aromatic carbocycles. The number of unbranched alkanes of at least 4 members (excludes halogenated alkanes) is 1. The molecule has 0 aliphatic carbocycles. The SMILES string of the molecule is C=C(C)C(=O)N(CCCC)C(=O)c1ccccc1I. The van der Waals surface area contributed by atoms with E-state index in [1.807, 2.05) is 19.1 Å². The van der Waals surface area contributed by atoms with Crippen molar-refractivity contribution in [3.8, 4) is 0 Å². The van der Waals surface area contributed by atoms with Crippen molar-refractivity contribution in [1.82, 2.24) is 4.90 Å². The van der Waals surface area contributed by atoms with E-state index in [1.54, 1.807) is 19.1 Å². The second-order valence-corrected chi connectivity index (χ2v) is 5.54. The molecule has 2 amide bonds. The summed E-state index contributed by atoms with van der Waals surface area (Å²) in [5.74, 6) is -0.537. The maximum atomic E-state index is 12.5. The molecule has 0 saturated carbocycles. The van der Waals surface area contributed by atoms with E-state index in [9.17, 15) is 9.59 Å². The molecule has 0 aromatic heterocycles. The largest absolute Gasteiger partial charge is 0.275 e. The Kier molecular flexibility index (Phi) is 6.21. The van der Waals surface area contributed by atoms with Gasteiger partial charge in [0.2, 0.25) is 0 Å². The standard InChI is InChI=1S/C15H18INO2/c1-4-5-10-17(14(18)11(2)3)15(19)12-8-6-7-9-13(12)16/h6-9H,2,4-5,10H2,1,3H3. The number of nitrogens with zero attached hydrogens (tertiary/aromatic N) is 1. The molecule has 0 unspecified atom stereocenters. The van der Waals surface area contributed by atoms with Crippen molar-refractivity contribution in [2.24, 2.45) is 0 Å². The van der Waals surface area contributed by atoms with Gasteiger partial charge in [0.15, 0.2) is 0 Å². The summed E-state index contributed by atoms with van der Waals surface area (Å²) in [6, 6.07) is 7.28. The number of hydrogen-bond donors (Lipinski definition) is 0. The lowest BCUT2D eigenvalue weighted by molar-refractivity contribution is -0.124. The lowest BCUT2D eigenvalue weighted by Crippen LogP contribution is -2.38. The van der Waals surface area contributed by atoms with Crippen molar-refractivity contribution in [3.63, 3.8) is 0 Å². The molecule has 3 nitrogen and oxygen atoms in total. The zero-order chi connectivity index (χ0) is 14.4. The van der Waals surface area contributed by atoms with Crippen molar-refractivity contribution < 1.29 is 9.59 Å². The first-order valence-corrected chi connectivity index (χ1v) is 7.33. The quantitative estimate of drug-likeness (QED) is 0.586. The lowest BCUT2D eigenvalue weighted by atomic mass is 10.1. The van der Waals surface area contributed by atoms with Gasteiger partial charge < -0.3 is 0 Å². The number of rotatable bonds is 5. The van der Waals surface area contributed by atoms with Crippen molar-refractivity contribution in [1.29, 1.82) is 0 Å². The van der Waals surface area contributed by atoms with Gasteiger partial charge in [0, 0.05) is 15.7 Å². The van der Waals surface area contributed by atoms with Crippen molar-refractivity contribution in [3.05, 3.63) is 45.6 Å². The van der Waals surface area contributed by atoms with Gasteiger partial charge in [0.05, 0.1) is 5.56 Å². The maximum absolute atomic E-state index is 12.5. The van der Waals surface area contributed by atoms with Gasteiger partial charge in [-0.2, -0.15) is 0 Å². The van der Waals surface area contributed by atoms with Gasteiger partial charge in [0.1, 0.15) is 0 Å². The molecule has 1 rings (SSSR count). The Hall–Kier alpha value is -1.17. The van der Waals surface area contributed by atoms with Gasteiger partial charge in [0.25, 0.3) is 11.8 Å². The van der Waals surface area contributed by atoms with E-state index in [-0.39, 0.29) is 11.8 Å². The molecule has 102 valence electrons. The van der Waals surface area contributed by atoms with Crippen LogP contribution in [0.5, 0.6) is 0 Å². The molecule has 0 N–H and O–H groups in total. The third-order valence-corrected chi connectivity index (χ3v) is 3.64. The van der Waals surface area contributed by atoms with Gasteiger partial charge >= 0.3 is 0 Å². The fraction of sp³-hybridized carbons (Fsp3) is 0.333. The van der Waals surface area contributed by atoms with Crippen molar-refractivity contribution in [2.45, 2.75) is 26.7 Å². The van der Waals surface area contributed by atoms with Crippen LogP contribution in [0.3, 0.4) is 0 Å². The molecule has 0 saturated heterocycles. The molecule has 1 aromatic rings. The molecule has 0 radical (unpaired) electrons. The summed E-state index contributed by atoms with van der Waals surface area (Å²) in [7, 11) is 0. The van der Waals surface area contributed by atoms with Crippen LogP contribution >= 0.6 is 22.6 Å². The molecule has 19 heavy (non-hydrogen) atoms. The molecule has 0 spiro atoms. The third-order valence-electron chi connectivity index (χ3n) is 2.69. The van der Waals surface area contributed by atoms with Crippen LogP contribution in [0.25, 0.3) is 0 Å². The van der Waals surface area contributed by atoms with E-state index >= 15 is 0 Å². The van der Waals surface area contributed by atoms with Crippen LogP contribution in [-0.4, -0.2) is 23.3 Å². The zero-order valence-corrected chi connectivity index (χ0v) is 13.4. The highest BCUT2D eigenvalue weighted by Crippen LogP contribution is 2.16. The Morgan fingerprint density at radius 1 is 1.32 bits per heavy atom. The number of halogens is 1. The van der Waals surface area contributed by atoms with Crippen molar-refractivity contribution >= 4 is 34.4 Å². The molecule has 0 aliphatic rings. The monoisotopic (exact) mass is 371 g/mol. The molecular weight excluding hydrogens is 353 g/mol. The third kappa shape index (κ3) is 4.16. The van der Waals surface area contributed by atoms with E-state index in [2.05, 4.69) is 29.2 Å². The van der Waals surface area contributed by atoms with E-state index < -0.39 is 0 Å². The van der Waals surface area contributed by atoms with E-state index in [0.717, 1.165) is 16.4 Å². The molecule has 0 bridgehead atoms. The van der Waals surface area contributed by atoms with Crippen molar-refractivity contribution in [2.75, 3.05) is 6.54 Å². The number of amides is 2. The smallest absolute Gasteiger partial charge is 0.261 e. The van der Waals surface area contributed by atoms with Crippen LogP contribution in [0, 0.1) is 3.57 Å². The summed E-state index contributed by atoms with van der Waals surface area (Å²) in [4.78, 5) is 25.8. The summed E-state index contributed by atoms with van der Waals surface area (Å²) in [6.45, 7) is 7.73. The highest BCUT2D eigenvalue weighted by atomic mass is 127. The van der Waals surface area contributed by atoms with E-state index in [1.165, 1.54) is 4.90 Å². The van der Waals surface area contributed by atoms with Crippen LogP contribution < -0.4 is 0 Å². The van der Waals surface area contributed by atoms with Gasteiger partial charge in [-0.3, -0.25) is 14.5 Å². The Morgan fingerprint density at radius 3 is 2.47 bits per heavy atom. The fourth-order valence-corrected chi connectivity index (χ4v) is 2.24. The number of benzene rings is 1. The topological polar surface area (TPSA) is 37.4 Å². The van der Waals surface area contributed by atoms with E-state index in [4.69, 9.17) is 0 Å². The van der Waals surface area contributed by atoms with Crippen LogP contribution in [-0.2, 0) is 4.79 Å². The van der Waals surface area contributed by atoms with Crippen LogP contribution in [0.4, 0.5) is 0 Å². The maximum Gasteiger partial charge on any atom is 0.261 e. The molecule has 0 fully saturated rings. The minimum atomic E-state index is -0.293. The number of hydrogen-bond acceptors (Lipinski definition) is 2. The second-order valence-electron chi connectivity index (χ2n) is 4.38. The number of imide groups is 1. The molecule has 0 aliphatic heterocycles. The first-order valence-electron chi connectivity index (χ1n) is 6.25. The zero-order valence-electron chi connectivity index (χ0n) is 11.3. The molecular formula is C15H18INO2. The van der Waals surface area contributed by atoms with Crippen LogP contribution in [0.15, 0.2) is 36.4 Å². The lowest BCUT2D eigenvalue weighted by Gasteiger charge is -2.21. The Morgan fingerprint density at radius 2 is 1.95 bits per heavy atom. The minimum Gasteiger partial charge on any atom is -0.275 e. The Bertz CT molecular complexity index is 497. The summed E-state index contributed by atoms with van der Waals surface area (Å²) < 4.78 is 0.848.